The molecule has 0 unspecified atom stereocenters. The van der Waals surface area contributed by atoms with Crippen LogP contribution in [0.1, 0.15) is 18.1 Å². The molecular weight excluding hydrogens is 280 g/mol. The first kappa shape index (κ1) is 13.9. The van der Waals surface area contributed by atoms with Crippen LogP contribution in [-0.2, 0) is 11.2 Å². The summed E-state index contributed by atoms with van der Waals surface area (Å²) in [4.78, 5) is 18.8. The van der Waals surface area contributed by atoms with Crippen molar-refractivity contribution >= 4 is 28.6 Å². The van der Waals surface area contributed by atoms with E-state index in [1.54, 1.807) is 6.92 Å². The van der Waals surface area contributed by atoms with Crippen molar-refractivity contribution in [1.29, 1.82) is 0 Å². The third-order valence-electron chi connectivity index (χ3n) is 3.19. The van der Waals surface area contributed by atoms with Crippen molar-refractivity contribution in [3.8, 4) is 0 Å². The van der Waals surface area contributed by atoms with Crippen LogP contribution in [0.15, 0.2) is 53.7 Å². The highest BCUT2D eigenvalue weighted by molar-refractivity contribution is 7.99. The Morgan fingerprint density at radius 1 is 1.14 bits per heavy atom. The monoisotopic (exact) mass is 296 g/mol. The van der Waals surface area contributed by atoms with Gasteiger partial charge in [-0.25, -0.2) is 4.98 Å². The number of benzene rings is 2. The summed E-state index contributed by atoms with van der Waals surface area (Å²) >= 11 is 1.45. The van der Waals surface area contributed by atoms with Crippen LogP contribution in [0, 0.1) is 0 Å². The van der Waals surface area contributed by atoms with Crippen molar-refractivity contribution in [3.05, 3.63) is 59.7 Å². The lowest BCUT2D eigenvalue weighted by molar-refractivity contribution is -0.114. The summed E-state index contributed by atoms with van der Waals surface area (Å²) in [7, 11) is 0. The molecule has 1 aromatic heterocycles. The summed E-state index contributed by atoms with van der Waals surface area (Å²) < 4.78 is 0. The summed E-state index contributed by atoms with van der Waals surface area (Å²) in [5.74, 6) is 0.613. The molecule has 0 saturated carbocycles. The predicted octanol–water partition coefficient (Wildman–Crippen LogP) is 3.83. The summed E-state index contributed by atoms with van der Waals surface area (Å²) in [6, 6.07) is 16.7. The summed E-state index contributed by atoms with van der Waals surface area (Å²) in [5.41, 5.74) is 4.49. The Balaban J connectivity index is 1.81. The Kier molecular flexibility index (Phi) is 4.06. The SMILES string of the molecule is CC(=O)CSc1nc2cc(Cc3ccccc3)ccc2[nH]1. The van der Waals surface area contributed by atoms with Crippen LogP contribution >= 0.6 is 11.8 Å². The van der Waals surface area contributed by atoms with Crippen LogP contribution in [0.5, 0.6) is 0 Å². The fraction of sp³-hybridized carbons (Fsp3) is 0.176. The molecule has 21 heavy (non-hydrogen) atoms. The van der Waals surface area contributed by atoms with Gasteiger partial charge in [0.2, 0.25) is 0 Å². The molecular formula is C17H16N2OS. The number of aromatic amines is 1. The number of thioether (sulfide) groups is 1. The van der Waals surface area contributed by atoms with Crippen molar-refractivity contribution < 1.29 is 4.79 Å². The van der Waals surface area contributed by atoms with Crippen LogP contribution in [0.4, 0.5) is 0 Å². The molecule has 3 rings (SSSR count). The lowest BCUT2D eigenvalue weighted by Gasteiger charge is -2.01. The number of Topliss-reactive ketones (excluding diaryl/α,β-unsaturated/α-hetero) is 1. The minimum absolute atomic E-state index is 0.158. The molecule has 3 nitrogen and oxygen atoms in total. The van der Waals surface area contributed by atoms with E-state index in [1.165, 1.54) is 22.9 Å². The van der Waals surface area contributed by atoms with E-state index < -0.39 is 0 Å². The van der Waals surface area contributed by atoms with Gasteiger partial charge in [0.1, 0.15) is 5.78 Å². The second kappa shape index (κ2) is 6.14. The van der Waals surface area contributed by atoms with Gasteiger partial charge >= 0.3 is 0 Å². The molecule has 1 heterocycles. The van der Waals surface area contributed by atoms with E-state index in [4.69, 9.17) is 0 Å². The highest BCUT2D eigenvalue weighted by Crippen LogP contribution is 2.21. The molecule has 0 fully saturated rings. The number of H-pyrrole nitrogens is 1. The number of aromatic nitrogens is 2. The van der Waals surface area contributed by atoms with Crippen LogP contribution in [0.25, 0.3) is 11.0 Å². The molecule has 0 radical (unpaired) electrons. The van der Waals surface area contributed by atoms with Crippen molar-refractivity contribution in [2.24, 2.45) is 0 Å². The zero-order valence-electron chi connectivity index (χ0n) is 11.8. The summed E-state index contributed by atoms with van der Waals surface area (Å²) in [6.07, 6.45) is 0.902. The van der Waals surface area contributed by atoms with E-state index in [0.717, 1.165) is 22.6 Å². The largest absolute Gasteiger partial charge is 0.333 e. The normalized spacial score (nSPS) is 10.9. The first-order valence-electron chi connectivity index (χ1n) is 6.85. The van der Waals surface area contributed by atoms with Gasteiger partial charge in [-0.05, 0) is 36.6 Å². The molecule has 0 saturated heterocycles. The van der Waals surface area contributed by atoms with Crippen LogP contribution < -0.4 is 0 Å². The maximum atomic E-state index is 11.0. The number of rotatable bonds is 5. The number of imidazole rings is 1. The first-order chi connectivity index (χ1) is 10.2. The number of nitrogens with one attached hydrogen (secondary N) is 1. The van der Waals surface area contributed by atoms with Crippen LogP contribution in [0.3, 0.4) is 0 Å². The van der Waals surface area contributed by atoms with Gasteiger partial charge in [-0.3, -0.25) is 4.79 Å². The number of carbonyl (C=O) groups excluding carboxylic acids is 1. The van der Waals surface area contributed by atoms with Crippen molar-refractivity contribution in [1.82, 2.24) is 9.97 Å². The second-order valence-electron chi connectivity index (χ2n) is 5.05. The van der Waals surface area contributed by atoms with E-state index in [-0.39, 0.29) is 5.78 Å². The lowest BCUT2D eigenvalue weighted by atomic mass is 10.0. The molecule has 4 heteroatoms. The molecule has 0 atom stereocenters. The van der Waals surface area contributed by atoms with Crippen molar-refractivity contribution in [2.45, 2.75) is 18.5 Å². The second-order valence-corrected chi connectivity index (χ2v) is 6.01. The number of hydrogen-bond acceptors (Lipinski definition) is 3. The van der Waals surface area contributed by atoms with Crippen molar-refractivity contribution in [3.63, 3.8) is 0 Å². The highest BCUT2D eigenvalue weighted by atomic mass is 32.2. The zero-order chi connectivity index (χ0) is 14.7. The standard InChI is InChI=1S/C17H16N2OS/c1-12(20)11-21-17-18-15-8-7-14(10-16(15)19-17)9-13-5-3-2-4-6-13/h2-8,10H,9,11H2,1H3,(H,18,19). The third-order valence-corrected chi connectivity index (χ3v) is 4.21. The Labute approximate surface area is 127 Å². The zero-order valence-corrected chi connectivity index (χ0v) is 12.6. The quantitative estimate of drug-likeness (QED) is 0.728. The highest BCUT2D eigenvalue weighted by Gasteiger charge is 2.06. The molecule has 2 aromatic carbocycles. The topological polar surface area (TPSA) is 45.8 Å². The fourth-order valence-electron chi connectivity index (χ4n) is 2.21. The van der Waals surface area contributed by atoms with Crippen molar-refractivity contribution in [2.75, 3.05) is 5.75 Å². The average molecular weight is 296 g/mol. The van der Waals surface area contributed by atoms with Gasteiger partial charge in [-0.1, -0.05) is 48.2 Å². The smallest absolute Gasteiger partial charge is 0.166 e. The Morgan fingerprint density at radius 2 is 1.95 bits per heavy atom. The molecule has 0 aliphatic rings. The van der Waals surface area contributed by atoms with Gasteiger partial charge in [0.15, 0.2) is 5.16 Å². The fourth-order valence-corrected chi connectivity index (χ4v) is 2.89. The predicted molar refractivity (Wildman–Crippen MR) is 86.7 cm³/mol. The molecule has 1 N–H and O–H groups in total. The van der Waals surface area contributed by atoms with Gasteiger partial charge in [-0.15, -0.1) is 0 Å². The molecule has 0 aliphatic heterocycles. The summed E-state index contributed by atoms with van der Waals surface area (Å²) in [6.45, 7) is 1.59. The molecule has 0 spiro atoms. The van der Waals surface area contributed by atoms with Crippen LogP contribution in [0.2, 0.25) is 0 Å². The van der Waals surface area contributed by atoms with Gasteiger partial charge in [0, 0.05) is 0 Å². The number of ketones is 1. The summed E-state index contributed by atoms with van der Waals surface area (Å²) in [5, 5.41) is 0.803. The molecule has 106 valence electrons. The Bertz CT molecular complexity index is 765. The number of fused-ring (bicyclic) bond motifs is 1. The maximum absolute atomic E-state index is 11.0. The van der Waals surface area contributed by atoms with Gasteiger partial charge in [0.25, 0.3) is 0 Å². The molecule has 0 bridgehead atoms. The van der Waals surface area contributed by atoms with Crippen LogP contribution in [-0.4, -0.2) is 21.5 Å². The third kappa shape index (κ3) is 3.52. The van der Waals surface area contributed by atoms with Gasteiger partial charge < -0.3 is 4.98 Å². The number of carbonyl (C=O) groups is 1. The van der Waals surface area contributed by atoms with E-state index >= 15 is 0 Å². The van der Waals surface area contributed by atoms with E-state index in [9.17, 15) is 4.79 Å². The Morgan fingerprint density at radius 3 is 2.71 bits per heavy atom. The maximum Gasteiger partial charge on any atom is 0.166 e. The average Bonchev–Trinajstić information content (AvgIpc) is 2.88. The molecule has 3 aromatic rings. The lowest BCUT2D eigenvalue weighted by Crippen LogP contribution is -1.93. The molecule has 0 amide bonds. The van der Waals surface area contributed by atoms with Gasteiger partial charge in [-0.2, -0.15) is 0 Å². The van der Waals surface area contributed by atoms with Gasteiger partial charge in [0.05, 0.1) is 16.8 Å². The minimum Gasteiger partial charge on any atom is -0.333 e. The number of nitrogens with zero attached hydrogens (tertiary/aromatic N) is 1. The number of hydrogen-bond donors (Lipinski definition) is 1. The first-order valence-corrected chi connectivity index (χ1v) is 7.84. The van der Waals surface area contributed by atoms with E-state index in [1.807, 2.05) is 6.07 Å². The van der Waals surface area contributed by atoms with E-state index in [2.05, 4.69) is 52.4 Å². The van der Waals surface area contributed by atoms with E-state index in [0.29, 0.717) is 5.75 Å². The molecule has 0 aliphatic carbocycles. The Hall–Kier alpha value is -2.07. The minimum atomic E-state index is 0.158.